The van der Waals surface area contributed by atoms with Gasteiger partial charge in [0.05, 0.1) is 0 Å². The van der Waals surface area contributed by atoms with E-state index < -0.39 is 7.12 Å². The summed E-state index contributed by atoms with van der Waals surface area (Å²) in [6.45, 7) is 0. The standard InChI is InChI=1S/C19H14BN3O2/c24-20(25)19-22-17(14-7-2-1-3-8-14)21-18(23-19)16-11-10-13-6-4-5-9-15(13)12-16/h1-12,24-25H. The average Bonchev–Trinajstić information content (AvgIpc) is 2.68. The van der Waals surface area contributed by atoms with Gasteiger partial charge in [0.25, 0.3) is 0 Å². The van der Waals surface area contributed by atoms with E-state index >= 15 is 0 Å². The van der Waals surface area contributed by atoms with E-state index in [4.69, 9.17) is 0 Å². The maximum atomic E-state index is 9.54. The van der Waals surface area contributed by atoms with Gasteiger partial charge in [-0.15, -0.1) is 0 Å². The summed E-state index contributed by atoms with van der Waals surface area (Å²) in [7, 11) is -1.76. The average molecular weight is 327 g/mol. The van der Waals surface area contributed by atoms with Gasteiger partial charge in [0.15, 0.2) is 17.4 Å². The van der Waals surface area contributed by atoms with Gasteiger partial charge in [-0.2, -0.15) is 0 Å². The smallest absolute Gasteiger partial charge is 0.421 e. The quantitative estimate of drug-likeness (QED) is 0.563. The first-order valence-electron chi connectivity index (χ1n) is 7.87. The molecule has 120 valence electrons. The second-order valence-electron chi connectivity index (χ2n) is 5.64. The molecular weight excluding hydrogens is 313 g/mol. The van der Waals surface area contributed by atoms with Crippen LogP contribution in [0.2, 0.25) is 0 Å². The van der Waals surface area contributed by atoms with Crippen LogP contribution in [-0.2, 0) is 0 Å². The van der Waals surface area contributed by atoms with Crippen LogP contribution in [-0.4, -0.2) is 32.1 Å². The minimum atomic E-state index is -1.76. The Morgan fingerprint density at radius 2 is 1.24 bits per heavy atom. The molecule has 0 aliphatic rings. The highest BCUT2D eigenvalue weighted by Gasteiger charge is 2.19. The molecule has 0 aliphatic carbocycles. The van der Waals surface area contributed by atoms with E-state index in [1.807, 2.05) is 72.8 Å². The Bertz CT molecular complexity index is 1040. The maximum Gasteiger partial charge on any atom is 0.528 e. The number of rotatable bonds is 3. The van der Waals surface area contributed by atoms with Gasteiger partial charge in [-0.3, -0.25) is 0 Å². The van der Waals surface area contributed by atoms with Crippen LogP contribution in [0.1, 0.15) is 0 Å². The molecule has 1 aromatic heterocycles. The highest BCUT2D eigenvalue weighted by atomic mass is 16.4. The molecule has 0 amide bonds. The van der Waals surface area contributed by atoms with E-state index in [1.54, 1.807) is 0 Å². The van der Waals surface area contributed by atoms with Crippen molar-refractivity contribution in [3.05, 3.63) is 72.8 Å². The van der Waals surface area contributed by atoms with E-state index in [1.165, 1.54) is 0 Å². The SMILES string of the molecule is OB(O)c1nc(-c2ccccc2)nc(-c2ccc3ccccc3c2)n1. The van der Waals surface area contributed by atoms with Gasteiger partial charge < -0.3 is 10.0 Å². The van der Waals surface area contributed by atoms with E-state index in [-0.39, 0.29) is 5.72 Å². The van der Waals surface area contributed by atoms with Crippen LogP contribution >= 0.6 is 0 Å². The summed E-state index contributed by atoms with van der Waals surface area (Å²) in [5.41, 5.74) is 1.51. The highest BCUT2D eigenvalue weighted by Crippen LogP contribution is 2.23. The Hall–Kier alpha value is -3.09. The minimum Gasteiger partial charge on any atom is -0.421 e. The number of fused-ring (bicyclic) bond motifs is 1. The number of nitrogens with zero attached hydrogens (tertiary/aromatic N) is 3. The Labute approximate surface area is 144 Å². The van der Waals surface area contributed by atoms with Crippen molar-refractivity contribution < 1.29 is 10.0 Å². The van der Waals surface area contributed by atoms with Crippen LogP contribution in [0.15, 0.2) is 72.8 Å². The van der Waals surface area contributed by atoms with Crippen molar-refractivity contribution in [1.82, 2.24) is 15.0 Å². The Balaban J connectivity index is 1.89. The lowest BCUT2D eigenvalue weighted by Crippen LogP contribution is -2.36. The topological polar surface area (TPSA) is 79.1 Å². The monoisotopic (exact) mass is 327 g/mol. The summed E-state index contributed by atoms with van der Waals surface area (Å²) in [5.74, 6) is 0.810. The lowest BCUT2D eigenvalue weighted by molar-refractivity contribution is 0.422. The molecule has 0 bridgehead atoms. The normalized spacial score (nSPS) is 10.8. The molecule has 0 saturated carbocycles. The van der Waals surface area contributed by atoms with Crippen molar-refractivity contribution in [2.45, 2.75) is 0 Å². The van der Waals surface area contributed by atoms with Gasteiger partial charge >= 0.3 is 7.12 Å². The molecule has 0 aliphatic heterocycles. The molecule has 0 atom stereocenters. The molecule has 2 N–H and O–H groups in total. The lowest BCUT2D eigenvalue weighted by Gasteiger charge is -2.08. The third-order valence-electron chi connectivity index (χ3n) is 3.92. The molecule has 25 heavy (non-hydrogen) atoms. The zero-order valence-electron chi connectivity index (χ0n) is 13.2. The third kappa shape index (κ3) is 3.13. The van der Waals surface area contributed by atoms with Gasteiger partial charge in [-0.1, -0.05) is 66.7 Å². The number of aromatic nitrogens is 3. The minimum absolute atomic E-state index is 0.0722. The molecule has 0 spiro atoms. The van der Waals surface area contributed by atoms with Crippen LogP contribution in [0.4, 0.5) is 0 Å². The van der Waals surface area contributed by atoms with Crippen molar-refractivity contribution in [2.24, 2.45) is 0 Å². The second-order valence-corrected chi connectivity index (χ2v) is 5.64. The van der Waals surface area contributed by atoms with Gasteiger partial charge in [-0.05, 0) is 16.8 Å². The molecule has 0 unspecified atom stereocenters. The predicted molar refractivity (Wildman–Crippen MR) is 98.0 cm³/mol. The first kappa shape index (κ1) is 15.4. The van der Waals surface area contributed by atoms with Gasteiger partial charge in [0, 0.05) is 11.1 Å². The number of hydrogen-bond acceptors (Lipinski definition) is 5. The number of hydrogen-bond donors (Lipinski definition) is 2. The molecule has 6 heteroatoms. The van der Waals surface area contributed by atoms with Gasteiger partial charge in [-0.25, -0.2) is 15.0 Å². The zero-order valence-corrected chi connectivity index (χ0v) is 13.2. The molecule has 1 heterocycles. The van der Waals surface area contributed by atoms with Crippen molar-refractivity contribution in [3.8, 4) is 22.8 Å². The van der Waals surface area contributed by atoms with Crippen molar-refractivity contribution in [2.75, 3.05) is 0 Å². The fourth-order valence-corrected chi connectivity index (χ4v) is 2.68. The number of benzene rings is 3. The summed E-state index contributed by atoms with van der Waals surface area (Å²) in [5, 5.41) is 21.3. The van der Waals surface area contributed by atoms with Crippen LogP contribution in [0.5, 0.6) is 0 Å². The van der Waals surface area contributed by atoms with E-state index in [2.05, 4.69) is 15.0 Å². The molecule has 0 radical (unpaired) electrons. The molecule has 0 fully saturated rings. The van der Waals surface area contributed by atoms with Crippen LogP contribution in [0.3, 0.4) is 0 Å². The Morgan fingerprint density at radius 1 is 0.600 bits per heavy atom. The van der Waals surface area contributed by atoms with Crippen LogP contribution in [0.25, 0.3) is 33.5 Å². The largest absolute Gasteiger partial charge is 0.528 e. The maximum absolute atomic E-state index is 9.54. The van der Waals surface area contributed by atoms with Crippen molar-refractivity contribution in [1.29, 1.82) is 0 Å². The third-order valence-corrected chi connectivity index (χ3v) is 3.92. The van der Waals surface area contributed by atoms with Gasteiger partial charge in [0.2, 0.25) is 0 Å². The molecule has 5 nitrogen and oxygen atoms in total. The van der Waals surface area contributed by atoms with E-state index in [0.717, 1.165) is 21.9 Å². The molecule has 0 saturated heterocycles. The molecular formula is C19H14BN3O2. The van der Waals surface area contributed by atoms with E-state index in [9.17, 15) is 10.0 Å². The molecule has 4 rings (SSSR count). The summed E-state index contributed by atoms with van der Waals surface area (Å²) in [6.07, 6.45) is 0. The first-order valence-corrected chi connectivity index (χ1v) is 7.87. The summed E-state index contributed by atoms with van der Waals surface area (Å²) in [4.78, 5) is 12.9. The summed E-state index contributed by atoms with van der Waals surface area (Å²) >= 11 is 0. The lowest BCUT2D eigenvalue weighted by atomic mass is 9.90. The fourth-order valence-electron chi connectivity index (χ4n) is 2.68. The Kier molecular flexibility index (Phi) is 3.97. The molecule has 4 aromatic rings. The molecule has 3 aromatic carbocycles. The summed E-state index contributed by atoms with van der Waals surface area (Å²) < 4.78 is 0. The van der Waals surface area contributed by atoms with Gasteiger partial charge in [0.1, 0.15) is 0 Å². The second kappa shape index (κ2) is 6.43. The van der Waals surface area contributed by atoms with Crippen molar-refractivity contribution >= 4 is 23.6 Å². The highest BCUT2D eigenvalue weighted by molar-refractivity contribution is 6.56. The van der Waals surface area contributed by atoms with Crippen molar-refractivity contribution in [3.63, 3.8) is 0 Å². The van der Waals surface area contributed by atoms with Crippen LogP contribution < -0.4 is 5.72 Å². The summed E-state index contributed by atoms with van der Waals surface area (Å²) in [6, 6.07) is 23.3. The van der Waals surface area contributed by atoms with E-state index in [0.29, 0.717) is 11.6 Å². The fraction of sp³-hybridized carbons (Fsp3) is 0. The first-order chi connectivity index (χ1) is 12.2. The van der Waals surface area contributed by atoms with Crippen LogP contribution in [0, 0.1) is 0 Å². The Morgan fingerprint density at radius 3 is 1.96 bits per heavy atom. The predicted octanol–water partition coefficient (Wildman–Crippen LogP) is 2.04. The zero-order chi connectivity index (χ0) is 17.2.